The molecule has 0 aliphatic heterocycles. The van der Waals surface area contributed by atoms with Gasteiger partial charge < -0.3 is 25.6 Å². The van der Waals surface area contributed by atoms with E-state index in [0.29, 0.717) is 29.8 Å². The number of ether oxygens (including phenoxy) is 1. The van der Waals surface area contributed by atoms with Crippen molar-refractivity contribution in [2.24, 2.45) is 0 Å². The van der Waals surface area contributed by atoms with Gasteiger partial charge in [-0.3, -0.25) is 4.68 Å². The highest BCUT2D eigenvalue weighted by Crippen LogP contribution is 2.23. The van der Waals surface area contributed by atoms with E-state index in [1.54, 1.807) is 10.9 Å². The highest BCUT2D eigenvalue weighted by Gasteiger charge is 2.17. The third kappa shape index (κ3) is 7.23. The number of anilines is 1. The van der Waals surface area contributed by atoms with Gasteiger partial charge in [0.15, 0.2) is 11.2 Å². The lowest BCUT2D eigenvalue weighted by molar-refractivity contribution is 0.136. The van der Waals surface area contributed by atoms with E-state index in [9.17, 15) is 4.79 Å². The molecule has 4 N–H and O–H groups in total. The minimum Gasteiger partial charge on any atom is -0.465 e. The Morgan fingerprint density at radius 3 is 2.63 bits per heavy atom. The van der Waals surface area contributed by atoms with Gasteiger partial charge in [-0.1, -0.05) is 30.2 Å². The quantitative estimate of drug-likeness (QED) is 0.227. The molecule has 0 saturated heterocycles. The topological polar surface area (TPSA) is 165 Å². The highest BCUT2D eigenvalue weighted by molar-refractivity contribution is 5.72. The predicted octanol–water partition coefficient (Wildman–Crippen LogP) is 2.71. The van der Waals surface area contributed by atoms with Crippen molar-refractivity contribution < 1.29 is 19.7 Å². The maximum Gasteiger partial charge on any atom is 0.404 e. The number of rotatable bonds is 10. The fraction of sp³-hybridized carbons (Fsp3) is 0.440. The normalized spacial score (nSPS) is 13.3. The minimum absolute atomic E-state index is 0.106. The zero-order valence-corrected chi connectivity index (χ0v) is 21.3. The average molecular weight is 524 g/mol. The van der Waals surface area contributed by atoms with Gasteiger partial charge in [-0.25, -0.2) is 9.78 Å². The first-order valence-electron chi connectivity index (χ1n) is 12.7. The molecule has 13 nitrogen and oxygen atoms in total. The van der Waals surface area contributed by atoms with Gasteiger partial charge in [-0.05, 0) is 37.5 Å². The maximum atomic E-state index is 9.54. The summed E-state index contributed by atoms with van der Waals surface area (Å²) in [5.74, 6) is 0.638. The van der Waals surface area contributed by atoms with Crippen LogP contribution in [0.1, 0.15) is 32.6 Å². The second-order valence-electron chi connectivity index (χ2n) is 8.72. The summed E-state index contributed by atoms with van der Waals surface area (Å²) in [4.78, 5) is 18.6. The SMILES string of the molecule is CCOCCn1cc(-c2ccc(-n3nnc4cnc(NC5CCCC5)nc43)cc2)cn1.O=C(O)NCCO. The zero-order chi connectivity index (χ0) is 26.7. The third-order valence-corrected chi connectivity index (χ3v) is 6.02. The van der Waals surface area contributed by atoms with Crippen molar-refractivity contribution in [3.63, 3.8) is 0 Å². The lowest BCUT2D eigenvalue weighted by atomic mass is 10.1. The van der Waals surface area contributed by atoms with E-state index >= 15 is 0 Å². The Bertz CT molecular complexity index is 1300. The maximum absolute atomic E-state index is 9.54. The molecule has 38 heavy (non-hydrogen) atoms. The van der Waals surface area contributed by atoms with Crippen LogP contribution >= 0.6 is 0 Å². The van der Waals surface area contributed by atoms with Crippen LogP contribution in [0.3, 0.4) is 0 Å². The molecule has 3 heterocycles. The Hall–Kier alpha value is -4.10. The lowest BCUT2D eigenvalue weighted by Gasteiger charge is -2.11. The number of amides is 1. The molecule has 1 saturated carbocycles. The number of fused-ring (bicyclic) bond motifs is 1. The Labute approximate surface area is 219 Å². The molecular formula is C25H33N9O4. The minimum atomic E-state index is -1.10. The molecule has 3 aromatic heterocycles. The Kier molecular flexibility index (Phi) is 9.54. The largest absolute Gasteiger partial charge is 0.465 e. The smallest absolute Gasteiger partial charge is 0.404 e. The first kappa shape index (κ1) is 26.9. The predicted molar refractivity (Wildman–Crippen MR) is 141 cm³/mol. The van der Waals surface area contributed by atoms with Crippen molar-refractivity contribution in [2.45, 2.75) is 45.2 Å². The van der Waals surface area contributed by atoms with Crippen molar-refractivity contribution in [2.75, 3.05) is 31.7 Å². The number of carboxylic acid groups (broad SMARTS) is 1. The number of aliphatic hydroxyl groups is 1. The summed E-state index contributed by atoms with van der Waals surface area (Å²) in [7, 11) is 0. The fourth-order valence-corrected chi connectivity index (χ4v) is 4.12. The molecule has 1 aliphatic rings. The van der Waals surface area contributed by atoms with Crippen LogP contribution in [-0.4, -0.2) is 83.5 Å². The average Bonchev–Trinajstić information content (AvgIpc) is 3.70. The van der Waals surface area contributed by atoms with Crippen LogP contribution in [0.2, 0.25) is 0 Å². The van der Waals surface area contributed by atoms with Crippen LogP contribution in [0, 0.1) is 0 Å². The highest BCUT2D eigenvalue weighted by atomic mass is 16.5. The van der Waals surface area contributed by atoms with Gasteiger partial charge in [0.05, 0.1) is 37.8 Å². The number of nitrogens with zero attached hydrogens (tertiary/aromatic N) is 7. The first-order valence-corrected chi connectivity index (χ1v) is 12.7. The fourth-order valence-electron chi connectivity index (χ4n) is 4.12. The molecule has 4 aromatic rings. The Balaban J connectivity index is 0.000000426. The molecule has 1 aromatic carbocycles. The van der Waals surface area contributed by atoms with Crippen molar-refractivity contribution in [1.82, 2.24) is 40.1 Å². The molecule has 0 spiro atoms. The van der Waals surface area contributed by atoms with Gasteiger partial charge >= 0.3 is 6.09 Å². The molecule has 1 amide bonds. The molecule has 1 aliphatic carbocycles. The van der Waals surface area contributed by atoms with Crippen molar-refractivity contribution in [3.05, 3.63) is 42.9 Å². The van der Waals surface area contributed by atoms with Gasteiger partial charge in [-0.15, -0.1) is 5.10 Å². The van der Waals surface area contributed by atoms with Crippen LogP contribution in [0.15, 0.2) is 42.9 Å². The standard InChI is InChI=1S/C22H26N8O.C3H7NO3/c1-2-31-12-11-29-15-17(13-24-29)16-7-9-19(10-8-16)30-21-20(27-28-30)14-23-22(26-21)25-18-5-3-4-6-18;5-2-1-4-3(6)7/h7-10,13-15,18H,2-6,11-12H2,1H3,(H,23,25,26);4-5H,1-2H2,(H,6,7). The van der Waals surface area contributed by atoms with Crippen LogP contribution in [0.25, 0.3) is 28.0 Å². The summed E-state index contributed by atoms with van der Waals surface area (Å²) in [5.41, 5.74) is 4.44. The number of benzene rings is 1. The number of aromatic nitrogens is 7. The van der Waals surface area contributed by atoms with Gasteiger partial charge in [0.25, 0.3) is 0 Å². The Morgan fingerprint density at radius 2 is 1.95 bits per heavy atom. The number of aliphatic hydroxyl groups excluding tert-OH is 1. The molecule has 0 atom stereocenters. The van der Waals surface area contributed by atoms with E-state index in [-0.39, 0.29) is 13.2 Å². The summed E-state index contributed by atoms with van der Waals surface area (Å²) in [6.07, 6.45) is 9.40. The molecular weight excluding hydrogens is 490 g/mol. The number of nitrogens with one attached hydrogen (secondary N) is 2. The summed E-state index contributed by atoms with van der Waals surface area (Å²) in [6.45, 7) is 4.08. The molecule has 1 fully saturated rings. The monoisotopic (exact) mass is 523 g/mol. The second-order valence-corrected chi connectivity index (χ2v) is 8.72. The van der Waals surface area contributed by atoms with Gasteiger partial charge in [0.1, 0.15) is 0 Å². The number of hydrogen-bond acceptors (Lipinski definition) is 9. The molecule has 5 rings (SSSR count). The third-order valence-electron chi connectivity index (χ3n) is 6.02. The van der Waals surface area contributed by atoms with Crippen LogP contribution in [-0.2, 0) is 11.3 Å². The van der Waals surface area contributed by atoms with Gasteiger partial charge in [0, 0.05) is 31.0 Å². The summed E-state index contributed by atoms with van der Waals surface area (Å²) < 4.78 is 9.06. The van der Waals surface area contributed by atoms with Crippen LogP contribution < -0.4 is 10.6 Å². The summed E-state index contributed by atoms with van der Waals surface area (Å²) in [6, 6.07) is 8.62. The van der Waals surface area contributed by atoms with Crippen LogP contribution in [0.4, 0.5) is 10.7 Å². The molecule has 202 valence electrons. The van der Waals surface area contributed by atoms with E-state index in [2.05, 4.69) is 42.8 Å². The van der Waals surface area contributed by atoms with E-state index in [1.165, 1.54) is 25.7 Å². The molecule has 0 bridgehead atoms. The summed E-state index contributed by atoms with van der Waals surface area (Å²) >= 11 is 0. The number of hydrogen-bond donors (Lipinski definition) is 4. The summed E-state index contributed by atoms with van der Waals surface area (Å²) in [5, 5.41) is 34.1. The van der Waals surface area contributed by atoms with E-state index in [0.717, 1.165) is 30.0 Å². The van der Waals surface area contributed by atoms with Crippen LogP contribution in [0.5, 0.6) is 0 Å². The first-order chi connectivity index (χ1) is 18.6. The van der Waals surface area contributed by atoms with Crippen molar-refractivity contribution in [3.8, 4) is 16.8 Å². The van der Waals surface area contributed by atoms with Crippen molar-refractivity contribution in [1.29, 1.82) is 0 Å². The van der Waals surface area contributed by atoms with E-state index in [1.807, 2.05) is 41.4 Å². The van der Waals surface area contributed by atoms with Crippen molar-refractivity contribution >= 4 is 23.2 Å². The van der Waals surface area contributed by atoms with E-state index in [4.69, 9.17) is 14.9 Å². The number of carbonyl (C=O) groups is 1. The molecule has 13 heteroatoms. The Morgan fingerprint density at radius 1 is 1.16 bits per heavy atom. The molecule has 0 radical (unpaired) electrons. The zero-order valence-electron chi connectivity index (χ0n) is 21.3. The van der Waals surface area contributed by atoms with Gasteiger partial charge in [-0.2, -0.15) is 14.8 Å². The van der Waals surface area contributed by atoms with E-state index < -0.39 is 6.09 Å². The second kappa shape index (κ2) is 13.4. The molecule has 0 unspecified atom stereocenters. The lowest BCUT2D eigenvalue weighted by Crippen LogP contribution is -2.23. The van der Waals surface area contributed by atoms with Gasteiger partial charge in [0.2, 0.25) is 5.95 Å².